The van der Waals surface area contributed by atoms with Crippen LogP contribution in [-0.4, -0.2) is 0 Å². The van der Waals surface area contributed by atoms with Gasteiger partial charge >= 0.3 is 0 Å². The summed E-state index contributed by atoms with van der Waals surface area (Å²) >= 11 is 0. The predicted octanol–water partition coefficient (Wildman–Crippen LogP) is 11.2. The van der Waals surface area contributed by atoms with Crippen molar-refractivity contribution in [2.75, 3.05) is 0 Å². The standard InChI is InChI=1S/C40H46/c1-7-8-12-26(4)31-20-34(21-31)37-19-28(6)35-16-15-30(23-39(35)37)32-22-33-18-27(5)36(17-25(2)3)40(38(33)24-32)29-13-10-9-11-14-29/h9-11,13-16,18-19,22-23,26,28,31,34H,2,7-8,12,17,20-21,24H2,1,3-6H3. The van der Waals surface area contributed by atoms with Gasteiger partial charge in [0.25, 0.3) is 0 Å². The maximum absolute atomic E-state index is 4.26. The fourth-order valence-corrected chi connectivity index (χ4v) is 7.70. The van der Waals surface area contributed by atoms with Crippen molar-refractivity contribution in [1.29, 1.82) is 0 Å². The molecular weight excluding hydrogens is 480 g/mol. The molecule has 6 rings (SSSR count). The third kappa shape index (κ3) is 4.96. The van der Waals surface area contributed by atoms with Crippen molar-refractivity contribution in [3.05, 3.63) is 112 Å². The SMILES string of the molecule is C=C(C)Cc1c(C)cc2c(c1-c1ccccc1)CC(c1ccc3c(c1)C(C1CC(C(C)CCCC)C1)=CC3C)=C2. The van der Waals surface area contributed by atoms with Crippen LogP contribution in [0.5, 0.6) is 0 Å². The number of allylic oxidation sites excluding steroid dienone is 4. The monoisotopic (exact) mass is 526 g/mol. The number of benzene rings is 3. The molecule has 3 aliphatic carbocycles. The lowest BCUT2D eigenvalue weighted by molar-refractivity contribution is 0.163. The zero-order valence-corrected chi connectivity index (χ0v) is 25.3. The average molecular weight is 527 g/mol. The molecule has 0 saturated heterocycles. The van der Waals surface area contributed by atoms with Gasteiger partial charge in [0.15, 0.2) is 0 Å². The number of fused-ring (bicyclic) bond motifs is 2. The van der Waals surface area contributed by atoms with Gasteiger partial charge in [0.2, 0.25) is 0 Å². The van der Waals surface area contributed by atoms with Gasteiger partial charge < -0.3 is 0 Å². The molecule has 0 bridgehead atoms. The minimum absolute atomic E-state index is 0.530. The molecule has 1 saturated carbocycles. The van der Waals surface area contributed by atoms with Gasteiger partial charge in [-0.05, 0) is 125 Å². The van der Waals surface area contributed by atoms with Crippen molar-refractivity contribution >= 4 is 17.2 Å². The summed E-state index contributed by atoms with van der Waals surface area (Å²) in [5.74, 6) is 3.07. The maximum atomic E-state index is 4.26. The Morgan fingerprint density at radius 3 is 2.52 bits per heavy atom. The number of rotatable bonds is 9. The van der Waals surface area contributed by atoms with Gasteiger partial charge in [-0.15, -0.1) is 0 Å². The van der Waals surface area contributed by atoms with E-state index in [0.717, 1.165) is 30.6 Å². The number of hydrogen-bond acceptors (Lipinski definition) is 0. The van der Waals surface area contributed by atoms with Crippen LogP contribution in [0.3, 0.4) is 0 Å². The molecule has 0 spiro atoms. The highest BCUT2D eigenvalue weighted by Crippen LogP contribution is 2.52. The van der Waals surface area contributed by atoms with Crippen molar-refractivity contribution in [3.8, 4) is 11.1 Å². The molecule has 0 radical (unpaired) electrons. The first kappa shape index (κ1) is 27.1. The highest BCUT2D eigenvalue weighted by atomic mass is 14.4. The van der Waals surface area contributed by atoms with E-state index in [1.54, 1.807) is 5.57 Å². The Hall–Kier alpha value is -3.12. The Bertz CT molecular complexity index is 1490. The van der Waals surface area contributed by atoms with Gasteiger partial charge in [-0.2, -0.15) is 0 Å². The summed E-state index contributed by atoms with van der Waals surface area (Å²) in [6.45, 7) is 15.9. The molecule has 2 atom stereocenters. The van der Waals surface area contributed by atoms with Gasteiger partial charge in [-0.25, -0.2) is 0 Å². The molecule has 0 heteroatoms. The summed E-state index contributed by atoms with van der Waals surface area (Å²) in [6, 6.07) is 20.8. The topological polar surface area (TPSA) is 0 Å². The van der Waals surface area contributed by atoms with Gasteiger partial charge in [0, 0.05) is 5.92 Å². The van der Waals surface area contributed by atoms with E-state index in [1.165, 1.54) is 93.3 Å². The molecule has 3 aromatic carbocycles. The van der Waals surface area contributed by atoms with E-state index in [2.05, 4.69) is 108 Å². The fraction of sp³-hybridized carbons (Fsp3) is 0.400. The van der Waals surface area contributed by atoms with E-state index in [1.807, 2.05) is 0 Å². The van der Waals surface area contributed by atoms with Gasteiger partial charge in [0.1, 0.15) is 0 Å². The molecule has 0 N–H and O–H groups in total. The van der Waals surface area contributed by atoms with E-state index >= 15 is 0 Å². The third-order valence-electron chi connectivity index (χ3n) is 10.1. The second kappa shape index (κ2) is 11.0. The lowest BCUT2D eigenvalue weighted by Gasteiger charge is -2.40. The van der Waals surface area contributed by atoms with Gasteiger partial charge in [0.05, 0.1) is 0 Å². The second-order valence-electron chi connectivity index (χ2n) is 13.2. The molecule has 206 valence electrons. The van der Waals surface area contributed by atoms with Crippen LogP contribution in [0.2, 0.25) is 0 Å². The van der Waals surface area contributed by atoms with E-state index in [0.29, 0.717) is 5.92 Å². The highest BCUT2D eigenvalue weighted by molar-refractivity contribution is 5.94. The second-order valence-corrected chi connectivity index (χ2v) is 13.2. The molecule has 0 aromatic heterocycles. The summed E-state index contributed by atoms with van der Waals surface area (Å²) in [7, 11) is 0. The summed E-state index contributed by atoms with van der Waals surface area (Å²) in [5, 5.41) is 0. The number of hydrogen-bond donors (Lipinski definition) is 0. The van der Waals surface area contributed by atoms with Gasteiger partial charge in [-0.3, -0.25) is 0 Å². The van der Waals surface area contributed by atoms with E-state index in [-0.39, 0.29) is 0 Å². The van der Waals surface area contributed by atoms with Crippen molar-refractivity contribution in [1.82, 2.24) is 0 Å². The normalized spacial score (nSPS) is 21.8. The van der Waals surface area contributed by atoms with E-state index in [4.69, 9.17) is 0 Å². The molecule has 0 amide bonds. The lowest BCUT2D eigenvalue weighted by atomic mass is 9.64. The molecule has 40 heavy (non-hydrogen) atoms. The molecule has 3 aliphatic rings. The molecule has 0 heterocycles. The van der Waals surface area contributed by atoms with Crippen LogP contribution in [-0.2, 0) is 12.8 Å². The molecule has 2 unspecified atom stereocenters. The first-order chi connectivity index (χ1) is 19.3. The Kier molecular flexibility index (Phi) is 7.47. The fourth-order valence-electron chi connectivity index (χ4n) is 7.70. The van der Waals surface area contributed by atoms with Crippen LogP contribution in [0.1, 0.15) is 105 Å². The van der Waals surface area contributed by atoms with Crippen molar-refractivity contribution in [3.63, 3.8) is 0 Å². The molecule has 1 fully saturated rings. The van der Waals surface area contributed by atoms with Crippen LogP contribution in [0, 0.1) is 24.7 Å². The lowest BCUT2D eigenvalue weighted by Crippen LogP contribution is -2.29. The Morgan fingerprint density at radius 2 is 1.80 bits per heavy atom. The van der Waals surface area contributed by atoms with Crippen LogP contribution >= 0.6 is 0 Å². The zero-order chi connectivity index (χ0) is 28.0. The average Bonchev–Trinajstić information content (AvgIpc) is 3.48. The minimum Gasteiger partial charge on any atom is -0.0998 e. The van der Waals surface area contributed by atoms with Crippen LogP contribution in [0.4, 0.5) is 0 Å². The maximum Gasteiger partial charge on any atom is 0.000174 e. The van der Waals surface area contributed by atoms with Crippen LogP contribution in [0.15, 0.2) is 72.8 Å². The summed E-state index contributed by atoms with van der Waals surface area (Å²) < 4.78 is 0. The third-order valence-corrected chi connectivity index (χ3v) is 10.1. The van der Waals surface area contributed by atoms with Crippen LogP contribution < -0.4 is 0 Å². The molecule has 0 aliphatic heterocycles. The first-order valence-electron chi connectivity index (χ1n) is 15.8. The quantitative estimate of drug-likeness (QED) is 0.243. The Morgan fingerprint density at radius 1 is 1.02 bits per heavy atom. The summed E-state index contributed by atoms with van der Waals surface area (Å²) in [4.78, 5) is 0. The molecule has 3 aromatic rings. The first-order valence-corrected chi connectivity index (χ1v) is 15.8. The largest absolute Gasteiger partial charge is 0.0998 e. The molecular formula is C40H46. The van der Waals surface area contributed by atoms with Crippen LogP contribution in [0.25, 0.3) is 28.3 Å². The van der Waals surface area contributed by atoms with Crippen molar-refractivity contribution in [2.45, 2.75) is 85.5 Å². The highest BCUT2D eigenvalue weighted by Gasteiger charge is 2.38. The number of unbranched alkanes of at least 4 members (excludes halogenated alkanes) is 1. The predicted molar refractivity (Wildman–Crippen MR) is 174 cm³/mol. The minimum atomic E-state index is 0.530. The summed E-state index contributed by atoms with van der Waals surface area (Å²) in [5.41, 5.74) is 17.2. The molecule has 0 nitrogen and oxygen atoms in total. The van der Waals surface area contributed by atoms with E-state index in [9.17, 15) is 0 Å². The smallest absolute Gasteiger partial charge is 0.000174 e. The summed E-state index contributed by atoms with van der Waals surface area (Å²) in [6.07, 6.45) is 13.9. The zero-order valence-electron chi connectivity index (χ0n) is 25.3. The van der Waals surface area contributed by atoms with Gasteiger partial charge in [-0.1, -0.05) is 113 Å². The van der Waals surface area contributed by atoms with E-state index < -0.39 is 0 Å². The Labute approximate surface area is 242 Å². The number of aryl methyl sites for hydroxylation is 1. The Balaban J connectivity index is 1.29. The van der Waals surface area contributed by atoms with Crippen molar-refractivity contribution in [2.24, 2.45) is 17.8 Å². The van der Waals surface area contributed by atoms with Crippen molar-refractivity contribution < 1.29 is 0 Å².